The highest BCUT2D eigenvalue weighted by Gasteiger charge is 2.14. The number of para-hydroxylation sites is 2. The Hall–Kier alpha value is -2.87. The van der Waals surface area contributed by atoms with Crippen molar-refractivity contribution in [3.63, 3.8) is 0 Å². The topological polar surface area (TPSA) is 94.1 Å². The molecule has 2 heterocycles. The number of esters is 1. The summed E-state index contributed by atoms with van der Waals surface area (Å²) < 4.78 is 4.58. The lowest BCUT2D eigenvalue weighted by atomic mass is 10.3. The average molecular weight is 314 g/mol. The molecule has 0 aliphatic heterocycles. The summed E-state index contributed by atoms with van der Waals surface area (Å²) in [5.74, 6) is -0.937. The van der Waals surface area contributed by atoms with Crippen LogP contribution in [0.4, 0.5) is 5.13 Å². The number of benzene rings is 1. The first kappa shape index (κ1) is 14.1. The van der Waals surface area contributed by atoms with E-state index in [1.54, 1.807) is 6.07 Å². The van der Waals surface area contributed by atoms with Gasteiger partial charge in [-0.05, 0) is 12.1 Å². The van der Waals surface area contributed by atoms with E-state index in [0.717, 1.165) is 11.3 Å². The Morgan fingerprint density at radius 1 is 1.14 bits per heavy atom. The van der Waals surface area contributed by atoms with Gasteiger partial charge < -0.3 is 4.74 Å². The molecule has 2 aromatic heterocycles. The van der Waals surface area contributed by atoms with E-state index < -0.39 is 11.9 Å². The molecule has 1 aromatic carbocycles. The Balaban J connectivity index is 1.80. The van der Waals surface area contributed by atoms with Crippen LogP contribution in [-0.4, -0.2) is 33.9 Å². The summed E-state index contributed by atoms with van der Waals surface area (Å²) >= 11 is 1.03. The first-order valence-corrected chi connectivity index (χ1v) is 7.06. The molecule has 8 heteroatoms. The number of carbonyl (C=O) groups is 2. The summed E-state index contributed by atoms with van der Waals surface area (Å²) in [7, 11) is 1.28. The Kier molecular flexibility index (Phi) is 3.75. The van der Waals surface area contributed by atoms with Crippen molar-refractivity contribution in [2.24, 2.45) is 0 Å². The SMILES string of the molecule is COC(=O)c1cnc(NC(=O)c2cnc3ccccc3n2)s1. The summed E-state index contributed by atoms with van der Waals surface area (Å²) in [4.78, 5) is 36.2. The van der Waals surface area contributed by atoms with Crippen LogP contribution in [0.1, 0.15) is 20.2 Å². The number of anilines is 1. The van der Waals surface area contributed by atoms with Crippen LogP contribution in [0.3, 0.4) is 0 Å². The number of ether oxygens (including phenoxy) is 1. The number of thiazole rings is 1. The maximum Gasteiger partial charge on any atom is 0.349 e. The minimum absolute atomic E-state index is 0.175. The van der Waals surface area contributed by atoms with Gasteiger partial charge in [0.25, 0.3) is 5.91 Å². The predicted octanol–water partition coefficient (Wildman–Crippen LogP) is 2.13. The predicted molar refractivity (Wildman–Crippen MR) is 80.9 cm³/mol. The van der Waals surface area contributed by atoms with Crippen molar-refractivity contribution in [3.8, 4) is 0 Å². The fraction of sp³-hybridized carbons (Fsp3) is 0.0714. The van der Waals surface area contributed by atoms with Crippen molar-refractivity contribution in [1.29, 1.82) is 0 Å². The maximum atomic E-state index is 12.1. The molecule has 0 radical (unpaired) electrons. The number of carbonyl (C=O) groups excluding carboxylic acids is 2. The van der Waals surface area contributed by atoms with E-state index in [0.29, 0.717) is 21.0 Å². The highest BCUT2D eigenvalue weighted by atomic mass is 32.1. The molecule has 0 aliphatic carbocycles. The van der Waals surface area contributed by atoms with E-state index in [1.807, 2.05) is 18.2 Å². The van der Waals surface area contributed by atoms with E-state index in [-0.39, 0.29) is 5.69 Å². The highest BCUT2D eigenvalue weighted by molar-refractivity contribution is 7.17. The van der Waals surface area contributed by atoms with E-state index in [2.05, 4.69) is 25.0 Å². The molecule has 0 bridgehead atoms. The Morgan fingerprint density at radius 2 is 1.91 bits per heavy atom. The van der Waals surface area contributed by atoms with Crippen LogP contribution in [0.15, 0.2) is 36.7 Å². The minimum Gasteiger partial charge on any atom is -0.465 e. The third-order valence-electron chi connectivity index (χ3n) is 2.79. The molecule has 0 fully saturated rings. The normalized spacial score (nSPS) is 10.4. The summed E-state index contributed by atoms with van der Waals surface area (Å²) in [6.45, 7) is 0. The maximum absolute atomic E-state index is 12.1. The van der Waals surface area contributed by atoms with Crippen molar-refractivity contribution < 1.29 is 14.3 Å². The standard InChI is InChI=1S/C14H10N4O3S/c1-21-13(20)11-7-16-14(22-11)18-12(19)10-6-15-8-4-2-3-5-9(8)17-10/h2-7H,1H3,(H,16,18,19). The molecule has 0 saturated heterocycles. The van der Waals surface area contributed by atoms with E-state index in [9.17, 15) is 9.59 Å². The van der Waals surface area contributed by atoms with Crippen LogP contribution >= 0.6 is 11.3 Å². The van der Waals surface area contributed by atoms with Crippen LogP contribution in [0.25, 0.3) is 11.0 Å². The van der Waals surface area contributed by atoms with Crippen LogP contribution in [0, 0.1) is 0 Å². The minimum atomic E-state index is -0.497. The zero-order valence-corrected chi connectivity index (χ0v) is 12.3. The zero-order chi connectivity index (χ0) is 15.5. The Morgan fingerprint density at radius 3 is 2.68 bits per heavy atom. The van der Waals surface area contributed by atoms with E-state index >= 15 is 0 Å². The van der Waals surface area contributed by atoms with Gasteiger partial charge in [0, 0.05) is 0 Å². The van der Waals surface area contributed by atoms with Gasteiger partial charge in [0.2, 0.25) is 0 Å². The molecule has 0 saturated carbocycles. The summed E-state index contributed by atoms with van der Waals surface area (Å²) in [5.41, 5.74) is 1.51. The van der Waals surface area contributed by atoms with Gasteiger partial charge in [0.1, 0.15) is 10.6 Å². The van der Waals surface area contributed by atoms with Gasteiger partial charge in [-0.15, -0.1) is 0 Å². The molecular formula is C14H10N4O3S. The molecule has 0 aliphatic rings. The smallest absolute Gasteiger partial charge is 0.349 e. The number of rotatable bonds is 3. The van der Waals surface area contributed by atoms with Gasteiger partial charge in [-0.3, -0.25) is 15.1 Å². The van der Waals surface area contributed by atoms with Crippen molar-refractivity contribution in [3.05, 3.63) is 47.2 Å². The third-order valence-corrected chi connectivity index (χ3v) is 3.69. The van der Waals surface area contributed by atoms with Gasteiger partial charge in [-0.1, -0.05) is 23.5 Å². The van der Waals surface area contributed by atoms with Gasteiger partial charge in [0.05, 0.1) is 30.5 Å². The molecule has 7 nitrogen and oxygen atoms in total. The fourth-order valence-electron chi connectivity index (χ4n) is 1.75. The highest BCUT2D eigenvalue weighted by Crippen LogP contribution is 2.19. The quantitative estimate of drug-likeness (QED) is 0.744. The van der Waals surface area contributed by atoms with Gasteiger partial charge >= 0.3 is 5.97 Å². The number of methoxy groups -OCH3 is 1. The van der Waals surface area contributed by atoms with Gasteiger partial charge in [-0.2, -0.15) is 0 Å². The average Bonchev–Trinajstić information content (AvgIpc) is 3.02. The van der Waals surface area contributed by atoms with Crippen LogP contribution < -0.4 is 5.32 Å². The molecule has 1 N–H and O–H groups in total. The summed E-state index contributed by atoms with van der Waals surface area (Å²) in [5, 5.41) is 2.87. The second-order valence-corrected chi connectivity index (χ2v) is 5.25. The molecule has 22 heavy (non-hydrogen) atoms. The molecule has 1 amide bonds. The number of amides is 1. The van der Waals surface area contributed by atoms with Gasteiger partial charge in [0.15, 0.2) is 5.13 Å². The molecule has 110 valence electrons. The largest absolute Gasteiger partial charge is 0.465 e. The summed E-state index contributed by atoms with van der Waals surface area (Å²) in [6.07, 6.45) is 2.74. The summed E-state index contributed by atoms with van der Waals surface area (Å²) in [6, 6.07) is 7.26. The number of hydrogen-bond acceptors (Lipinski definition) is 7. The number of nitrogens with one attached hydrogen (secondary N) is 1. The second-order valence-electron chi connectivity index (χ2n) is 4.22. The van der Waals surface area contributed by atoms with Crippen molar-refractivity contribution in [1.82, 2.24) is 15.0 Å². The Labute approximate surface area is 129 Å². The van der Waals surface area contributed by atoms with Crippen LogP contribution in [0.5, 0.6) is 0 Å². The van der Waals surface area contributed by atoms with Crippen molar-refractivity contribution in [2.45, 2.75) is 0 Å². The number of fused-ring (bicyclic) bond motifs is 1. The lowest BCUT2D eigenvalue weighted by Crippen LogP contribution is -2.13. The zero-order valence-electron chi connectivity index (χ0n) is 11.4. The van der Waals surface area contributed by atoms with E-state index in [1.165, 1.54) is 19.5 Å². The monoisotopic (exact) mass is 314 g/mol. The molecule has 0 atom stereocenters. The molecular weight excluding hydrogens is 304 g/mol. The number of aromatic nitrogens is 3. The number of hydrogen-bond donors (Lipinski definition) is 1. The van der Waals surface area contributed by atoms with Crippen LogP contribution in [0.2, 0.25) is 0 Å². The molecule has 0 unspecified atom stereocenters. The van der Waals surface area contributed by atoms with E-state index in [4.69, 9.17) is 0 Å². The first-order chi connectivity index (χ1) is 10.7. The number of nitrogens with zero attached hydrogens (tertiary/aromatic N) is 3. The van der Waals surface area contributed by atoms with Crippen molar-refractivity contribution in [2.75, 3.05) is 12.4 Å². The fourth-order valence-corrected chi connectivity index (χ4v) is 2.48. The molecule has 3 rings (SSSR count). The molecule has 3 aromatic rings. The third kappa shape index (κ3) is 2.77. The second kappa shape index (κ2) is 5.86. The first-order valence-electron chi connectivity index (χ1n) is 6.24. The van der Waals surface area contributed by atoms with Gasteiger partial charge in [-0.25, -0.2) is 14.8 Å². The lowest BCUT2D eigenvalue weighted by molar-refractivity contribution is 0.0606. The van der Waals surface area contributed by atoms with Crippen molar-refractivity contribution >= 4 is 39.4 Å². The lowest BCUT2D eigenvalue weighted by Gasteiger charge is -2.02. The molecule has 0 spiro atoms. The Bertz CT molecular complexity index is 862. The van der Waals surface area contributed by atoms with Crippen LogP contribution in [-0.2, 0) is 4.74 Å².